The topological polar surface area (TPSA) is 12.9 Å². The van der Waals surface area contributed by atoms with E-state index in [-0.39, 0.29) is 0 Å². The molecular formula is C16H27NS. The second-order valence-electron chi connectivity index (χ2n) is 3.57. The third-order valence-electron chi connectivity index (χ3n) is 2.44. The van der Waals surface area contributed by atoms with Crippen molar-refractivity contribution in [1.29, 1.82) is 0 Å². The summed E-state index contributed by atoms with van der Waals surface area (Å²) in [6.07, 6.45) is 4.65. The lowest BCUT2D eigenvalue weighted by molar-refractivity contribution is 0.918. The molecule has 1 aromatic rings. The fraction of sp³-hybridized carbons (Fsp3) is 0.562. The molecule has 1 aromatic heterocycles. The highest BCUT2D eigenvalue weighted by molar-refractivity contribution is 8.03. The van der Waals surface area contributed by atoms with Crippen LogP contribution >= 0.6 is 11.8 Å². The van der Waals surface area contributed by atoms with Gasteiger partial charge in [-0.05, 0) is 36.8 Å². The summed E-state index contributed by atoms with van der Waals surface area (Å²) < 4.78 is 0. The number of pyridine rings is 1. The zero-order valence-corrected chi connectivity index (χ0v) is 13.5. The van der Waals surface area contributed by atoms with Gasteiger partial charge in [-0.25, -0.2) is 0 Å². The molecule has 1 unspecified atom stereocenters. The summed E-state index contributed by atoms with van der Waals surface area (Å²) in [6, 6.07) is 6.29. The van der Waals surface area contributed by atoms with Crippen LogP contribution in [-0.2, 0) is 0 Å². The molecule has 1 nitrogen and oxygen atoms in total. The van der Waals surface area contributed by atoms with Gasteiger partial charge >= 0.3 is 0 Å². The van der Waals surface area contributed by atoms with Crippen LogP contribution in [0.1, 0.15) is 64.1 Å². The van der Waals surface area contributed by atoms with Gasteiger partial charge in [0.05, 0.1) is 10.9 Å². The average molecular weight is 265 g/mol. The van der Waals surface area contributed by atoms with Gasteiger partial charge in [0.25, 0.3) is 0 Å². The highest BCUT2D eigenvalue weighted by atomic mass is 32.2. The van der Waals surface area contributed by atoms with Crippen molar-refractivity contribution in [3.05, 3.63) is 40.6 Å². The Hall–Kier alpha value is -0.760. The Morgan fingerprint density at radius 1 is 1.22 bits per heavy atom. The zero-order chi connectivity index (χ0) is 14.0. The maximum atomic E-state index is 4.57. The highest BCUT2D eigenvalue weighted by Crippen LogP contribution is 2.43. The molecule has 2 rings (SSSR count). The van der Waals surface area contributed by atoms with E-state index in [4.69, 9.17) is 0 Å². The van der Waals surface area contributed by atoms with Gasteiger partial charge in [-0.1, -0.05) is 46.8 Å². The normalized spacial score (nSPS) is 17.0. The number of aryl methyl sites for hydroxylation is 1. The summed E-state index contributed by atoms with van der Waals surface area (Å²) in [6.45, 7) is 12.3. The molecule has 0 bridgehead atoms. The first kappa shape index (κ1) is 17.2. The Bertz CT molecular complexity index is 358. The van der Waals surface area contributed by atoms with Gasteiger partial charge in [0.15, 0.2) is 0 Å². The van der Waals surface area contributed by atoms with Crippen molar-refractivity contribution in [1.82, 2.24) is 4.98 Å². The van der Waals surface area contributed by atoms with Gasteiger partial charge in [0.2, 0.25) is 0 Å². The molecule has 0 saturated heterocycles. The molecule has 0 saturated carbocycles. The van der Waals surface area contributed by atoms with Crippen LogP contribution in [0.4, 0.5) is 0 Å². The molecule has 0 amide bonds. The molecule has 1 aliphatic heterocycles. The van der Waals surface area contributed by atoms with E-state index in [2.05, 4.69) is 43.1 Å². The summed E-state index contributed by atoms with van der Waals surface area (Å²) in [5.74, 6) is 0. The van der Waals surface area contributed by atoms with Crippen molar-refractivity contribution in [2.75, 3.05) is 0 Å². The second kappa shape index (κ2) is 10.2. The predicted octanol–water partition coefficient (Wildman–Crippen LogP) is 5.91. The van der Waals surface area contributed by atoms with Gasteiger partial charge in [-0.2, -0.15) is 0 Å². The fourth-order valence-electron chi connectivity index (χ4n) is 1.67. The van der Waals surface area contributed by atoms with Gasteiger partial charge in [-0.3, -0.25) is 4.98 Å². The molecule has 2 heteroatoms. The molecule has 0 spiro atoms. The minimum absolute atomic E-state index is 0.560. The summed E-state index contributed by atoms with van der Waals surface area (Å²) in [7, 11) is 0. The van der Waals surface area contributed by atoms with Gasteiger partial charge < -0.3 is 0 Å². The molecule has 0 fully saturated rings. The first-order chi connectivity index (χ1) is 8.79. The van der Waals surface area contributed by atoms with Crippen molar-refractivity contribution in [2.45, 2.75) is 59.6 Å². The summed E-state index contributed by atoms with van der Waals surface area (Å²) in [4.78, 5) is 6.08. The van der Waals surface area contributed by atoms with Gasteiger partial charge in [0.1, 0.15) is 0 Å². The van der Waals surface area contributed by atoms with Crippen molar-refractivity contribution >= 4 is 11.8 Å². The summed E-state index contributed by atoms with van der Waals surface area (Å²) >= 11 is 1.97. The Labute approximate surface area is 117 Å². The fourth-order valence-corrected chi connectivity index (χ4v) is 2.84. The summed E-state index contributed by atoms with van der Waals surface area (Å²) in [5.41, 5.74) is 2.35. The third kappa shape index (κ3) is 5.26. The minimum atomic E-state index is 0.560. The number of rotatable bonds is 2. The van der Waals surface area contributed by atoms with E-state index < -0.39 is 0 Å². The van der Waals surface area contributed by atoms with Gasteiger partial charge in [0, 0.05) is 5.69 Å². The van der Waals surface area contributed by atoms with E-state index in [0.29, 0.717) is 5.25 Å². The van der Waals surface area contributed by atoms with E-state index in [1.54, 1.807) is 0 Å². The lowest BCUT2D eigenvalue weighted by Crippen LogP contribution is -1.94. The molecule has 0 N–H and O–H groups in total. The van der Waals surface area contributed by atoms with Crippen LogP contribution in [-0.4, -0.2) is 4.98 Å². The number of allylic oxidation sites excluding steroid dienone is 2. The van der Waals surface area contributed by atoms with Crippen LogP contribution in [0.15, 0.2) is 29.2 Å². The van der Waals surface area contributed by atoms with Crippen molar-refractivity contribution in [3.63, 3.8) is 0 Å². The molecule has 1 aliphatic rings. The Morgan fingerprint density at radius 3 is 2.39 bits per heavy atom. The lowest BCUT2D eigenvalue weighted by Gasteiger charge is -2.09. The van der Waals surface area contributed by atoms with Crippen LogP contribution in [0, 0.1) is 6.92 Å². The number of hydrogen-bond acceptors (Lipinski definition) is 2. The molecule has 0 aromatic carbocycles. The van der Waals surface area contributed by atoms with Gasteiger partial charge in [-0.15, -0.1) is 11.8 Å². The highest BCUT2D eigenvalue weighted by Gasteiger charge is 2.19. The van der Waals surface area contributed by atoms with Crippen LogP contribution in [0.3, 0.4) is 0 Å². The standard InChI is InChI=1S/C12H15NS.2C2H6/c1-3-10-7-8-12(14-10)11-6-4-5-9(2)13-11;2*1-2/h4-7,12H,3,8H2,1-2H3;2*1-2H3. The Balaban J connectivity index is 0.000000659. The van der Waals surface area contributed by atoms with Crippen LogP contribution < -0.4 is 0 Å². The Morgan fingerprint density at radius 2 is 1.89 bits per heavy atom. The van der Waals surface area contributed by atoms with Crippen molar-refractivity contribution in [3.8, 4) is 0 Å². The molecule has 0 aliphatic carbocycles. The molecule has 1 atom stereocenters. The third-order valence-corrected chi connectivity index (χ3v) is 3.92. The quantitative estimate of drug-likeness (QED) is 0.659. The largest absolute Gasteiger partial charge is 0.257 e. The lowest BCUT2D eigenvalue weighted by atomic mass is 10.2. The average Bonchev–Trinajstić information content (AvgIpc) is 2.92. The molecule has 2 heterocycles. The first-order valence-corrected chi connectivity index (χ1v) is 7.97. The maximum Gasteiger partial charge on any atom is 0.0548 e. The maximum absolute atomic E-state index is 4.57. The number of thioether (sulfide) groups is 1. The van der Waals surface area contributed by atoms with E-state index in [0.717, 1.165) is 18.5 Å². The second-order valence-corrected chi connectivity index (χ2v) is 4.90. The zero-order valence-electron chi connectivity index (χ0n) is 12.7. The first-order valence-electron chi connectivity index (χ1n) is 7.09. The molecule has 0 radical (unpaired) electrons. The molecule has 102 valence electrons. The van der Waals surface area contributed by atoms with E-state index in [1.807, 2.05) is 39.5 Å². The van der Waals surface area contributed by atoms with E-state index >= 15 is 0 Å². The molecule has 18 heavy (non-hydrogen) atoms. The molecular weight excluding hydrogens is 238 g/mol. The number of hydrogen-bond donors (Lipinski definition) is 0. The van der Waals surface area contributed by atoms with Crippen molar-refractivity contribution < 1.29 is 0 Å². The van der Waals surface area contributed by atoms with Crippen LogP contribution in [0.25, 0.3) is 0 Å². The summed E-state index contributed by atoms with van der Waals surface area (Å²) in [5, 5.41) is 0.560. The Kier molecular flexibility index (Phi) is 9.76. The monoisotopic (exact) mass is 265 g/mol. The van der Waals surface area contributed by atoms with Crippen LogP contribution in [0.2, 0.25) is 0 Å². The SMILES string of the molecule is CC.CC.CCC1=CCC(c2cccc(C)n2)S1. The van der Waals surface area contributed by atoms with E-state index in [1.165, 1.54) is 10.6 Å². The number of nitrogens with zero attached hydrogens (tertiary/aromatic N) is 1. The smallest absolute Gasteiger partial charge is 0.0548 e. The van der Waals surface area contributed by atoms with E-state index in [9.17, 15) is 0 Å². The van der Waals surface area contributed by atoms with Crippen molar-refractivity contribution in [2.24, 2.45) is 0 Å². The predicted molar refractivity (Wildman–Crippen MR) is 85.0 cm³/mol. The van der Waals surface area contributed by atoms with Crippen LogP contribution in [0.5, 0.6) is 0 Å². The number of aromatic nitrogens is 1. The minimum Gasteiger partial charge on any atom is -0.257 e.